The molecule has 0 unspecified atom stereocenters. The fourth-order valence-corrected chi connectivity index (χ4v) is 1.49. The van der Waals surface area contributed by atoms with E-state index in [4.69, 9.17) is 9.84 Å². The maximum Gasteiger partial charge on any atom is 0.335 e. The van der Waals surface area contributed by atoms with Gasteiger partial charge in [0.05, 0.1) is 12.2 Å². The molecule has 0 saturated heterocycles. The van der Waals surface area contributed by atoms with Crippen LogP contribution < -0.4 is 4.74 Å². The van der Waals surface area contributed by atoms with E-state index >= 15 is 0 Å². The molecule has 1 rings (SSSR count). The molecular formula is C11H14O3S. The van der Waals surface area contributed by atoms with Crippen molar-refractivity contribution in [1.29, 1.82) is 0 Å². The second kappa shape index (κ2) is 6.35. The molecule has 4 heteroatoms. The molecule has 0 heterocycles. The average molecular weight is 226 g/mol. The number of aromatic carboxylic acids is 1. The van der Waals surface area contributed by atoms with Crippen LogP contribution in [0.25, 0.3) is 0 Å². The molecule has 0 aliphatic rings. The number of hydrogen-bond donors (Lipinski definition) is 1. The van der Waals surface area contributed by atoms with Gasteiger partial charge in [0.1, 0.15) is 5.75 Å². The molecule has 0 amide bonds. The Morgan fingerprint density at radius 3 is 2.60 bits per heavy atom. The van der Waals surface area contributed by atoms with Gasteiger partial charge in [-0.2, -0.15) is 11.8 Å². The lowest BCUT2D eigenvalue weighted by molar-refractivity contribution is 0.0697. The summed E-state index contributed by atoms with van der Waals surface area (Å²) >= 11 is 1.79. The van der Waals surface area contributed by atoms with Crippen LogP contribution in [0.5, 0.6) is 5.75 Å². The predicted octanol–water partition coefficient (Wildman–Crippen LogP) is 2.52. The Bertz CT molecular complexity index is 308. The van der Waals surface area contributed by atoms with E-state index < -0.39 is 5.97 Å². The van der Waals surface area contributed by atoms with E-state index in [9.17, 15) is 4.79 Å². The van der Waals surface area contributed by atoms with Crippen molar-refractivity contribution in [2.45, 2.75) is 6.42 Å². The van der Waals surface area contributed by atoms with Gasteiger partial charge in [0.2, 0.25) is 0 Å². The Hall–Kier alpha value is -1.16. The highest BCUT2D eigenvalue weighted by Crippen LogP contribution is 2.12. The van der Waals surface area contributed by atoms with E-state index in [1.807, 2.05) is 0 Å². The van der Waals surface area contributed by atoms with Crippen LogP contribution in [-0.4, -0.2) is 29.7 Å². The Morgan fingerprint density at radius 1 is 1.40 bits per heavy atom. The number of thioether (sulfide) groups is 1. The lowest BCUT2D eigenvalue weighted by Crippen LogP contribution is -2.00. The Kier molecular flexibility index (Phi) is 5.04. The van der Waals surface area contributed by atoms with Crippen LogP contribution in [0.3, 0.4) is 0 Å². The summed E-state index contributed by atoms with van der Waals surface area (Å²) in [6.45, 7) is 0.674. The third-order valence-electron chi connectivity index (χ3n) is 1.86. The van der Waals surface area contributed by atoms with Crippen LogP contribution in [0, 0.1) is 0 Å². The van der Waals surface area contributed by atoms with Crippen LogP contribution in [0.15, 0.2) is 24.3 Å². The zero-order chi connectivity index (χ0) is 11.1. The molecule has 15 heavy (non-hydrogen) atoms. The molecule has 0 bridgehead atoms. The second-order valence-corrected chi connectivity index (χ2v) is 4.01. The van der Waals surface area contributed by atoms with Gasteiger partial charge in [0.15, 0.2) is 0 Å². The van der Waals surface area contributed by atoms with Crippen molar-refractivity contribution >= 4 is 17.7 Å². The molecule has 0 aromatic heterocycles. The van der Waals surface area contributed by atoms with Gasteiger partial charge in [-0.15, -0.1) is 0 Å². The number of rotatable bonds is 6. The van der Waals surface area contributed by atoms with Gasteiger partial charge in [0.25, 0.3) is 0 Å². The van der Waals surface area contributed by atoms with E-state index in [1.165, 1.54) is 0 Å². The predicted molar refractivity (Wildman–Crippen MR) is 61.9 cm³/mol. The highest BCUT2D eigenvalue weighted by molar-refractivity contribution is 7.98. The molecule has 0 atom stereocenters. The maximum atomic E-state index is 10.6. The number of benzene rings is 1. The van der Waals surface area contributed by atoms with E-state index in [0.29, 0.717) is 6.61 Å². The summed E-state index contributed by atoms with van der Waals surface area (Å²) < 4.78 is 5.44. The van der Waals surface area contributed by atoms with Gasteiger partial charge in [-0.25, -0.2) is 4.79 Å². The van der Waals surface area contributed by atoms with Crippen LogP contribution in [0.2, 0.25) is 0 Å². The standard InChI is InChI=1S/C11H14O3S/c1-15-8-2-7-14-10-5-3-9(4-6-10)11(12)13/h3-6H,2,7-8H2,1H3,(H,12,13). The number of carboxylic acids is 1. The van der Waals surface area contributed by atoms with Gasteiger partial charge in [0, 0.05) is 0 Å². The fraction of sp³-hybridized carbons (Fsp3) is 0.364. The Morgan fingerprint density at radius 2 is 2.07 bits per heavy atom. The van der Waals surface area contributed by atoms with Crippen LogP contribution in [0.1, 0.15) is 16.8 Å². The topological polar surface area (TPSA) is 46.5 Å². The van der Waals surface area contributed by atoms with Crippen molar-refractivity contribution < 1.29 is 14.6 Å². The molecule has 0 aliphatic carbocycles. The molecule has 0 radical (unpaired) electrons. The summed E-state index contributed by atoms with van der Waals surface area (Å²) in [5, 5.41) is 8.68. The van der Waals surface area contributed by atoms with Crippen molar-refractivity contribution in [3.8, 4) is 5.75 Å². The van der Waals surface area contributed by atoms with Crippen LogP contribution in [0.4, 0.5) is 0 Å². The molecule has 3 nitrogen and oxygen atoms in total. The fourth-order valence-electron chi connectivity index (χ4n) is 1.09. The molecule has 0 spiro atoms. The van der Waals surface area contributed by atoms with E-state index in [2.05, 4.69) is 6.26 Å². The van der Waals surface area contributed by atoms with E-state index in [0.717, 1.165) is 17.9 Å². The first-order valence-electron chi connectivity index (χ1n) is 4.69. The maximum absolute atomic E-state index is 10.6. The highest BCUT2D eigenvalue weighted by Gasteiger charge is 2.01. The molecule has 1 aromatic rings. The number of carboxylic acid groups (broad SMARTS) is 1. The quantitative estimate of drug-likeness (QED) is 0.757. The monoisotopic (exact) mass is 226 g/mol. The summed E-state index contributed by atoms with van der Waals surface area (Å²) in [6.07, 6.45) is 3.06. The summed E-state index contributed by atoms with van der Waals surface area (Å²) in [5.41, 5.74) is 0.284. The first kappa shape index (κ1) is 11.9. The molecule has 82 valence electrons. The van der Waals surface area contributed by atoms with Crippen LogP contribution in [-0.2, 0) is 0 Å². The van der Waals surface area contributed by atoms with Crippen molar-refractivity contribution in [2.75, 3.05) is 18.6 Å². The largest absolute Gasteiger partial charge is 0.494 e. The van der Waals surface area contributed by atoms with Crippen LogP contribution >= 0.6 is 11.8 Å². The average Bonchev–Trinajstić information content (AvgIpc) is 2.25. The smallest absolute Gasteiger partial charge is 0.335 e. The van der Waals surface area contributed by atoms with E-state index in [-0.39, 0.29) is 5.56 Å². The Balaban J connectivity index is 2.39. The normalized spacial score (nSPS) is 9.93. The zero-order valence-corrected chi connectivity index (χ0v) is 9.42. The minimum absolute atomic E-state index is 0.284. The number of hydrogen-bond acceptors (Lipinski definition) is 3. The summed E-state index contributed by atoms with van der Waals surface area (Å²) in [7, 11) is 0. The molecule has 1 aromatic carbocycles. The van der Waals surface area contributed by atoms with Gasteiger partial charge in [-0.05, 0) is 42.7 Å². The number of carbonyl (C=O) groups is 1. The minimum atomic E-state index is -0.913. The van der Waals surface area contributed by atoms with Gasteiger partial charge >= 0.3 is 5.97 Å². The van der Waals surface area contributed by atoms with Gasteiger partial charge < -0.3 is 9.84 Å². The SMILES string of the molecule is CSCCCOc1ccc(C(=O)O)cc1. The summed E-state index contributed by atoms with van der Waals surface area (Å²) in [4.78, 5) is 10.6. The third kappa shape index (κ3) is 4.25. The van der Waals surface area contributed by atoms with E-state index in [1.54, 1.807) is 36.0 Å². The van der Waals surface area contributed by atoms with Crippen molar-refractivity contribution in [1.82, 2.24) is 0 Å². The molecule has 0 fully saturated rings. The second-order valence-electron chi connectivity index (χ2n) is 3.02. The van der Waals surface area contributed by atoms with Crippen molar-refractivity contribution in [2.24, 2.45) is 0 Å². The van der Waals surface area contributed by atoms with Gasteiger partial charge in [-0.1, -0.05) is 0 Å². The Labute approximate surface area is 93.4 Å². The number of ether oxygens (including phenoxy) is 1. The first-order chi connectivity index (χ1) is 7.24. The van der Waals surface area contributed by atoms with Crippen molar-refractivity contribution in [3.63, 3.8) is 0 Å². The highest BCUT2D eigenvalue weighted by atomic mass is 32.2. The first-order valence-corrected chi connectivity index (χ1v) is 6.08. The molecule has 1 N–H and O–H groups in total. The zero-order valence-electron chi connectivity index (χ0n) is 8.60. The molecule has 0 aliphatic heterocycles. The van der Waals surface area contributed by atoms with Gasteiger partial charge in [-0.3, -0.25) is 0 Å². The lowest BCUT2D eigenvalue weighted by Gasteiger charge is -2.05. The third-order valence-corrected chi connectivity index (χ3v) is 2.56. The molecule has 0 saturated carbocycles. The summed E-state index contributed by atoms with van der Waals surface area (Å²) in [6, 6.07) is 6.46. The lowest BCUT2D eigenvalue weighted by atomic mass is 10.2. The molecular weight excluding hydrogens is 212 g/mol. The summed E-state index contributed by atoms with van der Waals surface area (Å²) in [5.74, 6) is 0.887. The minimum Gasteiger partial charge on any atom is -0.494 e. The van der Waals surface area contributed by atoms with Crippen molar-refractivity contribution in [3.05, 3.63) is 29.8 Å².